The zero-order chi connectivity index (χ0) is 19.2. The summed E-state index contributed by atoms with van der Waals surface area (Å²) in [5.41, 5.74) is 2.95. The molecule has 0 fully saturated rings. The van der Waals surface area contributed by atoms with Gasteiger partial charge in [0.15, 0.2) is 5.96 Å². The van der Waals surface area contributed by atoms with E-state index in [1.165, 1.54) is 12.7 Å². The van der Waals surface area contributed by atoms with Gasteiger partial charge in [0.05, 0.1) is 12.3 Å². The number of benzene rings is 1. The molecule has 0 saturated heterocycles. The Morgan fingerprint density at radius 2 is 1.96 bits per heavy atom. The average Bonchev–Trinajstić information content (AvgIpc) is 3.00. The number of aliphatic imine (C=N–C) groups is 1. The van der Waals surface area contributed by atoms with E-state index in [4.69, 9.17) is 0 Å². The topological polar surface area (TPSA) is 78.7 Å². The van der Waals surface area contributed by atoms with E-state index < -0.39 is 10.0 Å². The molecule has 0 spiro atoms. The number of sulfonamides is 1. The number of guanidine groups is 1. The lowest BCUT2D eigenvalue weighted by molar-refractivity contribution is 0.461. The van der Waals surface area contributed by atoms with Crippen LogP contribution < -0.4 is 10.0 Å². The van der Waals surface area contributed by atoms with Crippen LogP contribution in [0.25, 0.3) is 0 Å². The molecule has 0 saturated carbocycles. The summed E-state index contributed by atoms with van der Waals surface area (Å²) < 4.78 is 27.8. The fraction of sp³-hybridized carbons (Fsp3) is 0.389. The number of aromatic nitrogens is 1. The van der Waals surface area contributed by atoms with E-state index in [1.807, 2.05) is 55.5 Å². The fourth-order valence-corrected chi connectivity index (χ4v) is 3.43. The molecule has 1 aromatic carbocycles. The third-order valence-corrected chi connectivity index (χ3v) is 5.47. The minimum absolute atomic E-state index is 0.0283. The Kier molecular flexibility index (Phi) is 6.82. The van der Waals surface area contributed by atoms with Gasteiger partial charge >= 0.3 is 0 Å². The van der Waals surface area contributed by atoms with E-state index in [0.29, 0.717) is 6.54 Å². The van der Waals surface area contributed by atoms with Crippen LogP contribution in [-0.2, 0) is 35.9 Å². The van der Waals surface area contributed by atoms with E-state index in [1.54, 1.807) is 7.05 Å². The second kappa shape index (κ2) is 8.86. The summed E-state index contributed by atoms with van der Waals surface area (Å²) in [5, 5.41) is 3.32. The largest absolute Gasteiger partial charge is 0.353 e. The van der Waals surface area contributed by atoms with Crippen LogP contribution in [0, 0.1) is 0 Å². The van der Waals surface area contributed by atoms with Crippen molar-refractivity contribution < 1.29 is 8.42 Å². The average molecular weight is 378 g/mol. The minimum atomic E-state index is -3.28. The standard InChI is InChI=1S/C18H27N5O2S/c1-19-18(23(4)13-17-9-6-10-22(17)3)21-12-15-7-5-8-16(11-15)14-26(24,25)20-2/h5-11,20H,12-14H2,1-4H3,(H,19,21). The molecular weight excluding hydrogens is 350 g/mol. The van der Waals surface area contributed by atoms with Gasteiger partial charge in [-0.15, -0.1) is 0 Å². The molecule has 26 heavy (non-hydrogen) atoms. The molecule has 7 nitrogen and oxygen atoms in total. The molecule has 0 unspecified atom stereocenters. The normalized spacial score (nSPS) is 12.2. The molecule has 1 aromatic heterocycles. The Morgan fingerprint density at radius 3 is 2.58 bits per heavy atom. The summed E-state index contributed by atoms with van der Waals surface area (Å²) in [6, 6.07) is 11.6. The van der Waals surface area contributed by atoms with E-state index in [9.17, 15) is 8.42 Å². The highest BCUT2D eigenvalue weighted by Gasteiger charge is 2.10. The molecule has 2 aromatic rings. The summed E-state index contributed by atoms with van der Waals surface area (Å²) >= 11 is 0. The van der Waals surface area contributed by atoms with Crippen LogP contribution >= 0.6 is 0 Å². The molecule has 2 rings (SSSR count). The Balaban J connectivity index is 1.99. The number of aryl methyl sites for hydroxylation is 1. The first-order valence-corrected chi connectivity index (χ1v) is 10.0. The summed E-state index contributed by atoms with van der Waals surface area (Å²) in [6.45, 7) is 1.31. The fourth-order valence-electron chi connectivity index (χ4n) is 2.67. The van der Waals surface area contributed by atoms with Crippen molar-refractivity contribution in [1.29, 1.82) is 0 Å². The first kappa shape index (κ1) is 20.0. The monoisotopic (exact) mass is 377 g/mol. The highest BCUT2D eigenvalue weighted by molar-refractivity contribution is 7.88. The molecule has 0 aliphatic heterocycles. The van der Waals surface area contributed by atoms with Crippen LogP contribution in [0.15, 0.2) is 47.6 Å². The van der Waals surface area contributed by atoms with Crippen molar-refractivity contribution in [2.45, 2.75) is 18.8 Å². The molecule has 0 atom stereocenters. The Hall–Kier alpha value is -2.32. The van der Waals surface area contributed by atoms with E-state index in [2.05, 4.69) is 25.7 Å². The maximum atomic E-state index is 11.7. The van der Waals surface area contributed by atoms with Crippen molar-refractivity contribution in [2.75, 3.05) is 21.1 Å². The molecule has 0 aliphatic carbocycles. The molecule has 1 heterocycles. The molecule has 8 heteroatoms. The third-order valence-electron chi connectivity index (χ3n) is 4.13. The van der Waals surface area contributed by atoms with Crippen LogP contribution in [0.2, 0.25) is 0 Å². The molecule has 2 N–H and O–H groups in total. The maximum Gasteiger partial charge on any atom is 0.215 e. The Bertz CT molecular complexity index is 858. The summed E-state index contributed by atoms with van der Waals surface area (Å²) in [6.07, 6.45) is 2.02. The van der Waals surface area contributed by atoms with Gasteiger partial charge in [0.2, 0.25) is 10.0 Å². The molecule has 0 amide bonds. The zero-order valence-electron chi connectivity index (χ0n) is 15.7. The Labute approximate surface area is 155 Å². The van der Waals surface area contributed by atoms with Crippen LogP contribution in [0.5, 0.6) is 0 Å². The number of nitrogens with one attached hydrogen (secondary N) is 2. The van der Waals surface area contributed by atoms with Gasteiger partial charge in [-0.05, 0) is 30.3 Å². The molecule has 142 valence electrons. The van der Waals surface area contributed by atoms with Gasteiger partial charge in [-0.25, -0.2) is 13.1 Å². The lowest BCUT2D eigenvalue weighted by Crippen LogP contribution is -2.38. The molecular formula is C18H27N5O2S. The van der Waals surface area contributed by atoms with Crippen LogP contribution in [0.4, 0.5) is 0 Å². The van der Waals surface area contributed by atoms with Gasteiger partial charge in [0, 0.05) is 39.6 Å². The smallest absolute Gasteiger partial charge is 0.215 e. The first-order chi connectivity index (χ1) is 12.3. The lowest BCUT2D eigenvalue weighted by Gasteiger charge is -2.22. The van der Waals surface area contributed by atoms with E-state index in [0.717, 1.165) is 23.6 Å². The van der Waals surface area contributed by atoms with Crippen molar-refractivity contribution in [3.8, 4) is 0 Å². The van der Waals surface area contributed by atoms with Gasteiger partial charge in [0.1, 0.15) is 0 Å². The lowest BCUT2D eigenvalue weighted by atomic mass is 10.1. The van der Waals surface area contributed by atoms with Crippen molar-refractivity contribution >= 4 is 16.0 Å². The second-order valence-electron chi connectivity index (χ2n) is 6.15. The van der Waals surface area contributed by atoms with E-state index >= 15 is 0 Å². The molecule has 0 radical (unpaired) electrons. The van der Waals surface area contributed by atoms with Crippen molar-refractivity contribution in [1.82, 2.24) is 19.5 Å². The first-order valence-electron chi connectivity index (χ1n) is 8.35. The number of rotatable bonds is 7. The summed E-state index contributed by atoms with van der Waals surface area (Å²) in [4.78, 5) is 6.37. The number of nitrogens with zero attached hydrogens (tertiary/aromatic N) is 3. The minimum Gasteiger partial charge on any atom is -0.353 e. The second-order valence-corrected chi connectivity index (χ2v) is 8.08. The third kappa shape index (κ3) is 5.60. The van der Waals surface area contributed by atoms with E-state index in [-0.39, 0.29) is 5.75 Å². The molecule has 0 aliphatic rings. The highest BCUT2D eigenvalue weighted by atomic mass is 32.2. The van der Waals surface area contributed by atoms with Gasteiger partial charge in [0.25, 0.3) is 0 Å². The predicted octanol–water partition coefficient (Wildman–Crippen LogP) is 1.28. The quantitative estimate of drug-likeness (QED) is 0.563. The number of hydrogen-bond acceptors (Lipinski definition) is 3. The van der Waals surface area contributed by atoms with Gasteiger partial charge < -0.3 is 14.8 Å². The molecule has 0 bridgehead atoms. The van der Waals surface area contributed by atoms with Gasteiger partial charge in [-0.3, -0.25) is 4.99 Å². The highest BCUT2D eigenvalue weighted by Crippen LogP contribution is 2.09. The SMILES string of the molecule is CN=C(NCc1cccc(CS(=O)(=O)NC)c1)N(C)Cc1cccn1C. The summed E-state index contributed by atoms with van der Waals surface area (Å²) in [7, 11) is 3.90. The van der Waals surface area contributed by atoms with Crippen LogP contribution in [0.3, 0.4) is 0 Å². The van der Waals surface area contributed by atoms with Crippen molar-refractivity contribution in [2.24, 2.45) is 12.0 Å². The summed E-state index contributed by atoms with van der Waals surface area (Å²) in [5.74, 6) is 0.749. The van der Waals surface area contributed by atoms with Gasteiger partial charge in [-0.2, -0.15) is 0 Å². The van der Waals surface area contributed by atoms with Crippen molar-refractivity contribution in [3.63, 3.8) is 0 Å². The number of hydrogen-bond donors (Lipinski definition) is 2. The van der Waals surface area contributed by atoms with Crippen LogP contribution in [-0.4, -0.2) is 45.0 Å². The predicted molar refractivity (Wildman–Crippen MR) is 105 cm³/mol. The zero-order valence-corrected chi connectivity index (χ0v) is 16.5. The maximum absolute atomic E-state index is 11.7. The van der Waals surface area contributed by atoms with Gasteiger partial charge in [-0.1, -0.05) is 24.3 Å². The van der Waals surface area contributed by atoms with Crippen LogP contribution in [0.1, 0.15) is 16.8 Å². The van der Waals surface area contributed by atoms with Crippen molar-refractivity contribution in [3.05, 3.63) is 59.4 Å². The Morgan fingerprint density at radius 1 is 1.23 bits per heavy atom.